The second-order valence-corrected chi connectivity index (χ2v) is 8.67. The molecule has 0 radical (unpaired) electrons. The quantitative estimate of drug-likeness (QED) is 0.154. The fraction of sp³-hybridized carbons (Fsp3) is 0.138. The molecule has 0 heterocycles. The Bertz CT molecular complexity index is 1330. The van der Waals surface area contributed by atoms with Crippen LogP contribution in [0.3, 0.4) is 0 Å². The molecular weight excluding hydrogens is 473 g/mol. The van der Waals surface area contributed by atoms with Gasteiger partial charge in [-0.1, -0.05) is 48.5 Å². The van der Waals surface area contributed by atoms with Gasteiger partial charge in [0, 0.05) is 29.8 Å². The number of carbonyl (C=O) groups excluding carboxylic acids is 3. The molecule has 4 N–H and O–H groups in total. The molecule has 0 aliphatic heterocycles. The summed E-state index contributed by atoms with van der Waals surface area (Å²) in [5.41, 5.74) is 5.37. The van der Waals surface area contributed by atoms with E-state index in [4.69, 9.17) is 5.21 Å². The van der Waals surface area contributed by atoms with Crippen molar-refractivity contribution in [2.24, 2.45) is 0 Å². The molecule has 1 aliphatic rings. The molecule has 0 bridgehead atoms. The molecule has 0 saturated heterocycles. The number of hydrogen-bond acceptors (Lipinski definition) is 4. The van der Waals surface area contributed by atoms with Gasteiger partial charge in [-0.2, -0.15) is 0 Å². The SMILES string of the molecule is O=C(C=Cc1ccc(/C=C(/C(=O)NC2CC2)c2ccc(F)cc2)cc1)NCc1ccc(C(=O)NO)cc1. The van der Waals surface area contributed by atoms with Crippen LogP contribution in [0.15, 0.2) is 78.9 Å². The average Bonchev–Trinajstić information content (AvgIpc) is 3.74. The lowest BCUT2D eigenvalue weighted by Gasteiger charge is -2.09. The van der Waals surface area contributed by atoms with Gasteiger partial charge in [-0.15, -0.1) is 0 Å². The maximum Gasteiger partial charge on any atom is 0.274 e. The fourth-order valence-corrected chi connectivity index (χ4v) is 3.53. The van der Waals surface area contributed by atoms with Crippen molar-refractivity contribution in [3.05, 3.63) is 113 Å². The molecule has 1 aliphatic carbocycles. The topological polar surface area (TPSA) is 108 Å². The van der Waals surface area contributed by atoms with Gasteiger partial charge in [0.25, 0.3) is 11.8 Å². The van der Waals surface area contributed by atoms with Gasteiger partial charge in [-0.25, -0.2) is 9.87 Å². The molecule has 37 heavy (non-hydrogen) atoms. The third kappa shape index (κ3) is 7.46. The number of hydrogen-bond donors (Lipinski definition) is 4. The molecule has 0 unspecified atom stereocenters. The molecule has 4 rings (SSSR count). The molecule has 7 nitrogen and oxygen atoms in total. The predicted octanol–water partition coefficient (Wildman–Crippen LogP) is 4.09. The van der Waals surface area contributed by atoms with E-state index < -0.39 is 5.91 Å². The second-order valence-electron chi connectivity index (χ2n) is 8.67. The van der Waals surface area contributed by atoms with E-state index in [2.05, 4.69) is 10.6 Å². The number of amides is 3. The molecule has 3 aromatic carbocycles. The van der Waals surface area contributed by atoms with Crippen LogP contribution in [0.5, 0.6) is 0 Å². The molecule has 0 aromatic heterocycles. The Morgan fingerprint density at radius 3 is 2.11 bits per heavy atom. The van der Waals surface area contributed by atoms with Gasteiger partial charge in [0.1, 0.15) is 5.82 Å². The van der Waals surface area contributed by atoms with Crippen LogP contribution in [0, 0.1) is 5.82 Å². The summed E-state index contributed by atoms with van der Waals surface area (Å²) in [6.45, 7) is 0.281. The molecule has 8 heteroatoms. The lowest BCUT2D eigenvalue weighted by Crippen LogP contribution is -2.26. The first-order valence-electron chi connectivity index (χ1n) is 11.8. The van der Waals surface area contributed by atoms with Crippen LogP contribution in [0.2, 0.25) is 0 Å². The summed E-state index contributed by atoms with van der Waals surface area (Å²) in [6.07, 6.45) is 6.80. The first-order chi connectivity index (χ1) is 17.9. The molecule has 0 spiro atoms. The van der Waals surface area contributed by atoms with Crippen LogP contribution in [0.4, 0.5) is 4.39 Å². The van der Waals surface area contributed by atoms with Crippen molar-refractivity contribution in [3.8, 4) is 0 Å². The lowest BCUT2D eigenvalue weighted by atomic mass is 10.0. The normalized spacial score (nSPS) is 13.3. The molecule has 3 amide bonds. The fourth-order valence-electron chi connectivity index (χ4n) is 3.53. The highest BCUT2D eigenvalue weighted by Gasteiger charge is 2.25. The summed E-state index contributed by atoms with van der Waals surface area (Å²) < 4.78 is 13.4. The lowest BCUT2D eigenvalue weighted by molar-refractivity contribution is -0.117. The van der Waals surface area contributed by atoms with Crippen LogP contribution < -0.4 is 16.1 Å². The third-order valence-corrected chi connectivity index (χ3v) is 5.77. The Labute approximate surface area is 213 Å². The van der Waals surface area contributed by atoms with Crippen LogP contribution in [-0.4, -0.2) is 29.0 Å². The highest BCUT2D eigenvalue weighted by molar-refractivity contribution is 6.24. The van der Waals surface area contributed by atoms with E-state index in [1.807, 2.05) is 24.3 Å². The van der Waals surface area contributed by atoms with Gasteiger partial charge in [-0.05, 0) is 71.5 Å². The van der Waals surface area contributed by atoms with Crippen molar-refractivity contribution in [2.75, 3.05) is 0 Å². The van der Waals surface area contributed by atoms with E-state index >= 15 is 0 Å². The Kier molecular flexibility index (Phi) is 8.22. The van der Waals surface area contributed by atoms with Gasteiger partial charge >= 0.3 is 0 Å². The molecule has 188 valence electrons. The van der Waals surface area contributed by atoms with Gasteiger partial charge in [0.05, 0.1) is 0 Å². The van der Waals surface area contributed by atoms with E-state index in [-0.39, 0.29) is 30.2 Å². The summed E-state index contributed by atoms with van der Waals surface area (Å²) in [4.78, 5) is 36.3. The zero-order valence-corrected chi connectivity index (χ0v) is 19.9. The largest absolute Gasteiger partial charge is 0.349 e. The van der Waals surface area contributed by atoms with E-state index in [0.717, 1.165) is 29.5 Å². The van der Waals surface area contributed by atoms with Gasteiger partial charge in [0.2, 0.25) is 5.91 Å². The van der Waals surface area contributed by atoms with Crippen LogP contribution in [-0.2, 0) is 16.1 Å². The second kappa shape index (κ2) is 11.9. The van der Waals surface area contributed by atoms with Gasteiger partial charge in [-0.3, -0.25) is 19.6 Å². The van der Waals surface area contributed by atoms with E-state index in [1.165, 1.54) is 18.2 Å². The number of rotatable bonds is 9. The van der Waals surface area contributed by atoms with Crippen molar-refractivity contribution in [1.82, 2.24) is 16.1 Å². The minimum absolute atomic E-state index is 0.193. The van der Waals surface area contributed by atoms with Gasteiger partial charge in [0.15, 0.2) is 0 Å². The molecular formula is C29H26FN3O4. The number of nitrogens with one attached hydrogen (secondary N) is 3. The monoisotopic (exact) mass is 499 g/mol. The third-order valence-electron chi connectivity index (χ3n) is 5.77. The maximum atomic E-state index is 13.4. The number of benzene rings is 3. The van der Waals surface area contributed by atoms with E-state index in [0.29, 0.717) is 16.7 Å². The van der Waals surface area contributed by atoms with E-state index in [1.54, 1.807) is 54.0 Å². The predicted molar refractivity (Wildman–Crippen MR) is 138 cm³/mol. The summed E-state index contributed by atoms with van der Waals surface area (Å²) in [5, 5.41) is 14.4. The maximum absolute atomic E-state index is 13.4. The molecule has 3 aromatic rings. The van der Waals surface area contributed by atoms with Crippen LogP contribution >= 0.6 is 0 Å². The highest BCUT2D eigenvalue weighted by Crippen LogP contribution is 2.24. The summed E-state index contributed by atoms with van der Waals surface area (Å²) in [5.74, 6) is -1.44. The van der Waals surface area contributed by atoms with Crippen molar-refractivity contribution >= 4 is 35.4 Å². The first kappa shape index (κ1) is 25.5. The Hall–Kier alpha value is -4.56. The van der Waals surface area contributed by atoms with Crippen LogP contribution in [0.25, 0.3) is 17.7 Å². The Morgan fingerprint density at radius 2 is 1.49 bits per heavy atom. The van der Waals surface area contributed by atoms with E-state index in [9.17, 15) is 18.8 Å². The average molecular weight is 500 g/mol. The molecule has 1 saturated carbocycles. The zero-order chi connectivity index (χ0) is 26.2. The molecule has 0 atom stereocenters. The zero-order valence-electron chi connectivity index (χ0n) is 19.9. The summed E-state index contributed by atoms with van der Waals surface area (Å²) >= 11 is 0. The minimum Gasteiger partial charge on any atom is -0.349 e. The van der Waals surface area contributed by atoms with Crippen molar-refractivity contribution < 1.29 is 24.0 Å². The number of carbonyl (C=O) groups is 3. The van der Waals surface area contributed by atoms with Crippen LogP contribution in [0.1, 0.15) is 45.5 Å². The summed E-state index contributed by atoms with van der Waals surface area (Å²) in [7, 11) is 0. The number of hydroxylamine groups is 1. The Balaban J connectivity index is 1.37. The first-order valence-corrected chi connectivity index (χ1v) is 11.8. The summed E-state index contributed by atoms with van der Waals surface area (Å²) in [6, 6.07) is 19.9. The number of halogens is 1. The smallest absolute Gasteiger partial charge is 0.274 e. The molecule has 1 fully saturated rings. The van der Waals surface area contributed by atoms with Crippen molar-refractivity contribution in [3.63, 3.8) is 0 Å². The van der Waals surface area contributed by atoms with Crippen molar-refractivity contribution in [2.45, 2.75) is 25.4 Å². The standard InChI is InChI=1S/C29H26FN3O4/c30-24-12-10-22(11-13-24)26(29(36)32-25-14-15-25)17-20-3-1-19(2-4-20)7-16-27(34)31-18-21-5-8-23(9-6-21)28(35)33-37/h1-13,16-17,25,37H,14-15,18H2,(H,31,34)(H,32,36)(H,33,35)/b16-7?,26-17+. The van der Waals surface area contributed by atoms with Crippen molar-refractivity contribution in [1.29, 1.82) is 0 Å². The Morgan fingerprint density at radius 1 is 0.865 bits per heavy atom. The van der Waals surface area contributed by atoms with Gasteiger partial charge < -0.3 is 10.6 Å². The highest BCUT2D eigenvalue weighted by atomic mass is 19.1. The minimum atomic E-state index is -0.603.